The normalized spacial score (nSPS) is 13.0. The Morgan fingerprint density at radius 2 is 2.20 bits per heavy atom. The van der Waals surface area contributed by atoms with Gasteiger partial charge in [0, 0.05) is 24.9 Å². The fourth-order valence-corrected chi connectivity index (χ4v) is 1.90. The SMILES string of the molecule is CC(C)CCc1noc(CNC(C)Cn2cccn2)n1. The molecule has 6 nitrogen and oxygen atoms in total. The molecule has 2 rings (SSSR count). The predicted molar refractivity (Wildman–Crippen MR) is 76.0 cm³/mol. The van der Waals surface area contributed by atoms with E-state index in [9.17, 15) is 0 Å². The van der Waals surface area contributed by atoms with E-state index in [1.165, 1.54) is 0 Å². The molecule has 20 heavy (non-hydrogen) atoms. The Bertz CT molecular complexity index is 491. The van der Waals surface area contributed by atoms with Gasteiger partial charge in [0.25, 0.3) is 0 Å². The molecule has 0 radical (unpaired) electrons. The molecule has 6 heteroatoms. The maximum Gasteiger partial charge on any atom is 0.240 e. The molecule has 2 aromatic rings. The van der Waals surface area contributed by atoms with Gasteiger partial charge >= 0.3 is 0 Å². The molecule has 0 amide bonds. The van der Waals surface area contributed by atoms with E-state index in [2.05, 4.69) is 41.3 Å². The highest BCUT2D eigenvalue weighted by Crippen LogP contribution is 2.06. The molecule has 0 saturated heterocycles. The van der Waals surface area contributed by atoms with Crippen LogP contribution in [0, 0.1) is 5.92 Å². The van der Waals surface area contributed by atoms with Gasteiger partial charge in [0.15, 0.2) is 5.82 Å². The van der Waals surface area contributed by atoms with Crippen molar-refractivity contribution in [1.29, 1.82) is 0 Å². The van der Waals surface area contributed by atoms with Gasteiger partial charge in [-0.3, -0.25) is 4.68 Å². The van der Waals surface area contributed by atoms with Crippen molar-refractivity contribution >= 4 is 0 Å². The van der Waals surface area contributed by atoms with E-state index in [-0.39, 0.29) is 0 Å². The molecular weight excluding hydrogens is 254 g/mol. The molecule has 0 aliphatic heterocycles. The molecule has 0 aliphatic rings. The molecule has 0 fully saturated rings. The molecule has 2 heterocycles. The first kappa shape index (κ1) is 14.7. The Labute approximate surface area is 119 Å². The summed E-state index contributed by atoms with van der Waals surface area (Å²) in [5, 5.41) is 11.5. The van der Waals surface area contributed by atoms with Crippen LogP contribution in [0.3, 0.4) is 0 Å². The Kier molecular flexibility index (Phi) is 5.29. The van der Waals surface area contributed by atoms with E-state index in [0.717, 1.165) is 25.2 Å². The van der Waals surface area contributed by atoms with Gasteiger partial charge in [-0.2, -0.15) is 10.1 Å². The Morgan fingerprint density at radius 1 is 1.35 bits per heavy atom. The lowest BCUT2D eigenvalue weighted by molar-refractivity contribution is 0.346. The summed E-state index contributed by atoms with van der Waals surface area (Å²) in [5.41, 5.74) is 0. The van der Waals surface area contributed by atoms with Crippen molar-refractivity contribution < 1.29 is 4.52 Å². The standard InChI is InChI=1S/C14H23N5O/c1-11(2)5-6-13-17-14(20-18-13)9-15-12(3)10-19-8-4-7-16-19/h4,7-8,11-12,15H,5-6,9-10H2,1-3H3. The summed E-state index contributed by atoms with van der Waals surface area (Å²) >= 11 is 0. The molecule has 0 aromatic carbocycles. The largest absolute Gasteiger partial charge is 0.338 e. The van der Waals surface area contributed by atoms with E-state index < -0.39 is 0 Å². The van der Waals surface area contributed by atoms with Crippen LogP contribution in [0.25, 0.3) is 0 Å². The summed E-state index contributed by atoms with van der Waals surface area (Å²) in [4.78, 5) is 4.39. The van der Waals surface area contributed by atoms with Crippen LogP contribution in [0.2, 0.25) is 0 Å². The van der Waals surface area contributed by atoms with Crippen molar-refractivity contribution in [3.8, 4) is 0 Å². The van der Waals surface area contributed by atoms with Gasteiger partial charge in [-0.25, -0.2) is 0 Å². The van der Waals surface area contributed by atoms with Crippen LogP contribution in [0.4, 0.5) is 0 Å². The highest BCUT2D eigenvalue weighted by molar-refractivity contribution is 4.87. The van der Waals surface area contributed by atoms with Gasteiger partial charge in [0.2, 0.25) is 5.89 Å². The van der Waals surface area contributed by atoms with Gasteiger partial charge in [0.05, 0.1) is 13.1 Å². The number of nitrogens with one attached hydrogen (secondary N) is 1. The molecular formula is C14H23N5O. The van der Waals surface area contributed by atoms with E-state index in [1.807, 2.05) is 16.9 Å². The Hall–Kier alpha value is -1.69. The Morgan fingerprint density at radius 3 is 2.90 bits per heavy atom. The van der Waals surface area contributed by atoms with Crippen LogP contribution in [-0.2, 0) is 19.5 Å². The van der Waals surface area contributed by atoms with Crippen LogP contribution in [0.5, 0.6) is 0 Å². The van der Waals surface area contributed by atoms with E-state index >= 15 is 0 Å². The molecule has 1 atom stereocenters. The second-order valence-corrected chi connectivity index (χ2v) is 5.55. The fraction of sp³-hybridized carbons (Fsp3) is 0.643. The van der Waals surface area contributed by atoms with Crippen LogP contribution in [0.15, 0.2) is 23.0 Å². The summed E-state index contributed by atoms with van der Waals surface area (Å²) in [6.07, 6.45) is 5.70. The van der Waals surface area contributed by atoms with Gasteiger partial charge in [-0.1, -0.05) is 19.0 Å². The minimum Gasteiger partial charge on any atom is -0.338 e. The summed E-state index contributed by atoms with van der Waals surface area (Å²) in [5.74, 6) is 2.11. The first-order valence-corrected chi connectivity index (χ1v) is 7.15. The molecule has 2 aromatic heterocycles. The van der Waals surface area contributed by atoms with Crippen molar-refractivity contribution in [3.63, 3.8) is 0 Å². The summed E-state index contributed by atoms with van der Waals surface area (Å²) < 4.78 is 7.14. The highest BCUT2D eigenvalue weighted by Gasteiger charge is 2.09. The van der Waals surface area contributed by atoms with Crippen molar-refractivity contribution in [2.24, 2.45) is 5.92 Å². The summed E-state index contributed by atoms with van der Waals surface area (Å²) in [7, 11) is 0. The fourth-order valence-electron chi connectivity index (χ4n) is 1.90. The molecule has 0 saturated carbocycles. The molecule has 0 bridgehead atoms. The first-order valence-electron chi connectivity index (χ1n) is 7.15. The zero-order valence-electron chi connectivity index (χ0n) is 12.4. The average Bonchev–Trinajstić information content (AvgIpc) is 3.05. The topological polar surface area (TPSA) is 68.8 Å². The smallest absolute Gasteiger partial charge is 0.240 e. The highest BCUT2D eigenvalue weighted by atomic mass is 16.5. The predicted octanol–water partition coefficient (Wildman–Crippen LogP) is 2.03. The molecule has 0 spiro atoms. The number of hydrogen-bond acceptors (Lipinski definition) is 5. The van der Waals surface area contributed by atoms with Crippen molar-refractivity contribution in [2.75, 3.05) is 0 Å². The van der Waals surface area contributed by atoms with Crippen LogP contribution >= 0.6 is 0 Å². The second kappa shape index (κ2) is 7.19. The average molecular weight is 277 g/mol. The third kappa shape index (κ3) is 4.77. The first-order chi connectivity index (χ1) is 9.63. The molecule has 1 unspecified atom stereocenters. The molecule has 0 aliphatic carbocycles. The quantitative estimate of drug-likeness (QED) is 0.799. The zero-order chi connectivity index (χ0) is 14.4. The lowest BCUT2D eigenvalue weighted by Crippen LogP contribution is -2.30. The lowest BCUT2D eigenvalue weighted by atomic mass is 10.1. The maximum absolute atomic E-state index is 5.24. The van der Waals surface area contributed by atoms with E-state index in [1.54, 1.807) is 6.20 Å². The van der Waals surface area contributed by atoms with Crippen LogP contribution < -0.4 is 5.32 Å². The van der Waals surface area contributed by atoms with Gasteiger partial charge in [-0.05, 0) is 25.3 Å². The van der Waals surface area contributed by atoms with Crippen molar-refractivity contribution in [2.45, 2.75) is 52.7 Å². The van der Waals surface area contributed by atoms with Gasteiger partial charge in [0.1, 0.15) is 0 Å². The second-order valence-electron chi connectivity index (χ2n) is 5.55. The number of aromatic nitrogens is 4. The van der Waals surface area contributed by atoms with Crippen LogP contribution in [-0.4, -0.2) is 26.0 Å². The summed E-state index contributed by atoms with van der Waals surface area (Å²) in [6, 6.07) is 2.21. The third-order valence-corrected chi connectivity index (χ3v) is 3.08. The zero-order valence-corrected chi connectivity index (χ0v) is 12.4. The number of aryl methyl sites for hydroxylation is 1. The Balaban J connectivity index is 1.73. The van der Waals surface area contributed by atoms with Gasteiger partial charge in [-0.15, -0.1) is 0 Å². The summed E-state index contributed by atoms with van der Waals surface area (Å²) in [6.45, 7) is 7.91. The molecule has 110 valence electrons. The monoisotopic (exact) mass is 277 g/mol. The number of nitrogens with zero attached hydrogens (tertiary/aromatic N) is 4. The van der Waals surface area contributed by atoms with Crippen LogP contribution in [0.1, 0.15) is 38.9 Å². The minimum atomic E-state index is 0.293. The van der Waals surface area contributed by atoms with Crippen molar-refractivity contribution in [3.05, 3.63) is 30.2 Å². The third-order valence-electron chi connectivity index (χ3n) is 3.08. The van der Waals surface area contributed by atoms with Crippen molar-refractivity contribution in [1.82, 2.24) is 25.2 Å². The molecule has 1 N–H and O–H groups in total. The number of rotatable bonds is 8. The lowest BCUT2D eigenvalue weighted by Gasteiger charge is -2.11. The number of hydrogen-bond donors (Lipinski definition) is 1. The van der Waals surface area contributed by atoms with Gasteiger partial charge < -0.3 is 9.84 Å². The minimum absolute atomic E-state index is 0.293. The van der Waals surface area contributed by atoms with E-state index in [0.29, 0.717) is 24.4 Å². The maximum atomic E-state index is 5.24. The van der Waals surface area contributed by atoms with E-state index in [4.69, 9.17) is 4.52 Å².